The van der Waals surface area contributed by atoms with E-state index in [0.29, 0.717) is 0 Å². The lowest BCUT2D eigenvalue weighted by atomic mass is 9.89. The molecule has 0 radical (unpaired) electrons. The minimum atomic E-state index is 0.855. The Kier molecular flexibility index (Phi) is 8.40. The minimum absolute atomic E-state index is 0.855. The lowest BCUT2D eigenvalue weighted by Gasteiger charge is -2.19. The minimum Gasteiger partial charge on any atom is -0.494 e. The van der Waals surface area contributed by atoms with E-state index in [1.54, 1.807) is 0 Å². The van der Waals surface area contributed by atoms with Crippen molar-refractivity contribution in [1.82, 2.24) is 0 Å². The SMILES string of the molecule is NCCCCCCCCCCCCOc1ccc2c(c1)CC2. The molecular formula is C20H33NO. The molecule has 1 aliphatic carbocycles. The predicted molar refractivity (Wildman–Crippen MR) is 94.6 cm³/mol. The summed E-state index contributed by atoms with van der Waals surface area (Å²) in [7, 11) is 0. The fourth-order valence-corrected chi connectivity index (χ4v) is 3.11. The van der Waals surface area contributed by atoms with Gasteiger partial charge in [-0.2, -0.15) is 0 Å². The molecule has 2 rings (SSSR count). The second kappa shape index (κ2) is 10.7. The first-order chi connectivity index (χ1) is 10.9. The zero-order valence-corrected chi connectivity index (χ0v) is 14.1. The molecule has 0 saturated carbocycles. The normalized spacial score (nSPS) is 12.8. The summed E-state index contributed by atoms with van der Waals surface area (Å²) >= 11 is 0. The average molecular weight is 303 g/mol. The van der Waals surface area contributed by atoms with Crippen molar-refractivity contribution in [2.75, 3.05) is 13.2 Å². The predicted octanol–water partition coefficient (Wildman–Crippen LogP) is 5.02. The van der Waals surface area contributed by atoms with E-state index >= 15 is 0 Å². The van der Waals surface area contributed by atoms with Crippen LogP contribution in [0.15, 0.2) is 18.2 Å². The molecule has 2 N–H and O–H groups in total. The van der Waals surface area contributed by atoms with Gasteiger partial charge in [-0.1, -0.05) is 57.4 Å². The Morgan fingerprint density at radius 1 is 0.727 bits per heavy atom. The molecule has 0 spiro atoms. The first kappa shape index (κ1) is 17.3. The van der Waals surface area contributed by atoms with E-state index < -0.39 is 0 Å². The topological polar surface area (TPSA) is 35.2 Å². The van der Waals surface area contributed by atoms with Crippen LogP contribution >= 0.6 is 0 Å². The number of nitrogens with two attached hydrogens (primary N) is 1. The third-order valence-electron chi connectivity index (χ3n) is 4.71. The maximum absolute atomic E-state index is 5.85. The molecule has 0 heterocycles. The van der Waals surface area contributed by atoms with E-state index in [4.69, 9.17) is 10.5 Å². The molecule has 0 aromatic heterocycles. The molecule has 124 valence electrons. The van der Waals surface area contributed by atoms with Crippen molar-refractivity contribution in [2.45, 2.75) is 77.0 Å². The zero-order chi connectivity index (χ0) is 15.5. The van der Waals surface area contributed by atoms with Crippen molar-refractivity contribution in [3.8, 4) is 5.75 Å². The fraction of sp³-hybridized carbons (Fsp3) is 0.700. The zero-order valence-electron chi connectivity index (χ0n) is 14.1. The van der Waals surface area contributed by atoms with Crippen LogP contribution in [0.4, 0.5) is 0 Å². The number of benzene rings is 1. The summed E-state index contributed by atoms with van der Waals surface area (Å²) in [5.74, 6) is 1.07. The summed E-state index contributed by atoms with van der Waals surface area (Å²) in [6, 6.07) is 6.58. The average Bonchev–Trinajstić information content (AvgIpc) is 2.51. The lowest BCUT2D eigenvalue weighted by molar-refractivity contribution is 0.303. The van der Waals surface area contributed by atoms with Crippen LogP contribution in [-0.4, -0.2) is 13.2 Å². The summed E-state index contributed by atoms with van der Waals surface area (Å²) in [4.78, 5) is 0. The molecule has 0 atom stereocenters. The third kappa shape index (κ3) is 6.39. The number of hydrogen-bond donors (Lipinski definition) is 1. The maximum atomic E-state index is 5.85. The largest absolute Gasteiger partial charge is 0.494 e. The highest BCUT2D eigenvalue weighted by molar-refractivity contribution is 5.41. The highest BCUT2D eigenvalue weighted by Gasteiger charge is 2.12. The van der Waals surface area contributed by atoms with Gasteiger partial charge in [-0.3, -0.25) is 0 Å². The van der Waals surface area contributed by atoms with Crippen LogP contribution in [0.2, 0.25) is 0 Å². The van der Waals surface area contributed by atoms with Crippen molar-refractivity contribution in [1.29, 1.82) is 0 Å². The van der Waals surface area contributed by atoms with Gasteiger partial charge in [-0.15, -0.1) is 0 Å². The van der Waals surface area contributed by atoms with Gasteiger partial charge in [0.2, 0.25) is 0 Å². The van der Waals surface area contributed by atoms with E-state index in [0.717, 1.165) is 18.9 Å². The molecule has 0 bridgehead atoms. The van der Waals surface area contributed by atoms with Crippen LogP contribution in [0.5, 0.6) is 5.75 Å². The van der Waals surface area contributed by atoms with Gasteiger partial charge in [0.05, 0.1) is 6.61 Å². The van der Waals surface area contributed by atoms with E-state index in [1.165, 1.54) is 88.2 Å². The summed E-state index contributed by atoms with van der Waals surface area (Å²) in [6.07, 6.45) is 15.8. The van der Waals surface area contributed by atoms with Gasteiger partial charge in [0.25, 0.3) is 0 Å². The molecule has 0 fully saturated rings. The fourth-order valence-electron chi connectivity index (χ4n) is 3.11. The molecule has 1 aromatic rings. The smallest absolute Gasteiger partial charge is 0.119 e. The Hall–Kier alpha value is -1.02. The number of ether oxygens (including phenoxy) is 1. The van der Waals surface area contributed by atoms with Gasteiger partial charge in [-0.05, 0) is 55.5 Å². The Balaban J connectivity index is 1.36. The molecular weight excluding hydrogens is 270 g/mol. The van der Waals surface area contributed by atoms with Gasteiger partial charge in [-0.25, -0.2) is 0 Å². The van der Waals surface area contributed by atoms with Crippen LogP contribution in [0.3, 0.4) is 0 Å². The van der Waals surface area contributed by atoms with Gasteiger partial charge in [0.15, 0.2) is 0 Å². The number of unbranched alkanes of at least 4 members (excludes halogenated alkanes) is 9. The van der Waals surface area contributed by atoms with E-state index in [2.05, 4.69) is 18.2 Å². The van der Waals surface area contributed by atoms with E-state index in [-0.39, 0.29) is 0 Å². The highest BCUT2D eigenvalue weighted by Crippen LogP contribution is 2.27. The summed E-state index contributed by atoms with van der Waals surface area (Å²) < 4.78 is 5.85. The quantitative estimate of drug-likeness (QED) is 0.519. The Morgan fingerprint density at radius 3 is 1.86 bits per heavy atom. The van der Waals surface area contributed by atoms with Gasteiger partial charge < -0.3 is 10.5 Å². The first-order valence-corrected chi connectivity index (χ1v) is 9.35. The number of fused-ring (bicyclic) bond motifs is 1. The van der Waals surface area contributed by atoms with Crippen LogP contribution in [0.25, 0.3) is 0 Å². The number of aryl methyl sites for hydroxylation is 2. The summed E-state index contributed by atoms with van der Waals surface area (Å²) in [6.45, 7) is 1.73. The second-order valence-electron chi connectivity index (χ2n) is 6.60. The summed E-state index contributed by atoms with van der Waals surface area (Å²) in [5, 5.41) is 0. The molecule has 0 unspecified atom stereocenters. The van der Waals surface area contributed by atoms with Gasteiger partial charge in [0.1, 0.15) is 5.75 Å². The molecule has 1 aliphatic rings. The monoisotopic (exact) mass is 303 g/mol. The van der Waals surface area contributed by atoms with Crippen LogP contribution in [-0.2, 0) is 12.8 Å². The molecule has 0 aliphatic heterocycles. The molecule has 2 heteroatoms. The first-order valence-electron chi connectivity index (χ1n) is 9.35. The van der Waals surface area contributed by atoms with E-state index in [9.17, 15) is 0 Å². The van der Waals surface area contributed by atoms with Crippen molar-refractivity contribution < 1.29 is 4.74 Å². The molecule has 0 saturated heterocycles. The molecule has 22 heavy (non-hydrogen) atoms. The van der Waals surface area contributed by atoms with Crippen molar-refractivity contribution in [3.63, 3.8) is 0 Å². The van der Waals surface area contributed by atoms with Gasteiger partial charge in [0, 0.05) is 0 Å². The van der Waals surface area contributed by atoms with E-state index in [1.807, 2.05) is 0 Å². The highest BCUT2D eigenvalue weighted by atomic mass is 16.5. The number of hydrogen-bond acceptors (Lipinski definition) is 2. The van der Waals surface area contributed by atoms with Crippen LogP contribution < -0.4 is 10.5 Å². The molecule has 0 amide bonds. The molecule has 2 nitrogen and oxygen atoms in total. The Bertz CT molecular complexity index is 416. The lowest BCUT2D eigenvalue weighted by Crippen LogP contribution is -2.08. The van der Waals surface area contributed by atoms with Crippen LogP contribution in [0, 0.1) is 0 Å². The number of rotatable bonds is 13. The third-order valence-corrected chi connectivity index (χ3v) is 4.71. The Morgan fingerprint density at radius 2 is 1.32 bits per heavy atom. The molecule has 1 aromatic carbocycles. The summed E-state index contributed by atoms with van der Waals surface area (Å²) in [5.41, 5.74) is 8.49. The van der Waals surface area contributed by atoms with Crippen molar-refractivity contribution in [3.05, 3.63) is 29.3 Å². The Labute approximate surface area is 136 Å². The van der Waals surface area contributed by atoms with Crippen molar-refractivity contribution >= 4 is 0 Å². The standard InChI is InChI=1S/C20H33NO/c21-15-9-7-5-3-1-2-4-6-8-10-16-22-20-14-13-18-11-12-19(18)17-20/h13-14,17H,1-12,15-16,21H2. The van der Waals surface area contributed by atoms with Crippen LogP contribution in [0.1, 0.15) is 75.3 Å². The van der Waals surface area contributed by atoms with Gasteiger partial charge >= 0.3 is 0 Å². The van der Waals surface area contributed by atoms with Crippen molar-refractivity contribution in [2.24, 2.45) is 5.73 Å². The second-order valence-corrected chi connectivity index (χ2v) is 6.60. The maximum Gasteiger partial charge on any atom is 0.119 e.